The molecule has 4 heterocycles. The SMILES string of the molecule is COc1cc(-c2cn3nc(-c4nccn4C)nc(N)c3c2C)ccn1. The predicted octanol–water partition coefficient (Wildman–Crippen LogP) is 2.09. The monoisotopic (exact) mass is 335 g/mol. The molecule has 0 aliphatic carbocycles. The molecule has 0 bridgehead atoms. The molecule has 0 saturated heterocycles. The number of fused-ring (bicyclic) bond motifs is 1. The van der Waals surface area contributed by atoms with Crippen LogP contribution in [0.15, 0.2) is 36.9 Å². The summed E-state index contributed by atoms with van der Waals surface area (Å²) < 4.78 is 8.82. The Morgan fingerprint density at radius 3 is 2.76 bits per heavy atom. The van der Waals surface area contributed by atoms with Crippen LogP contribution in [0, 0.1) is 6.92 Å². The number of aryl methyl sites for hydroxylation is 2. The number of nitrogen functional groups attached to an aromatic ring is 1. The summed E-state index contributed by atoms with van der Waals surface area (Å²) in [6.45, 7) is 2.00. The van der Waals surface area contributed by atoms with Crippen molar-refractivity contribution in [2.24, 2.45) is 7.05 Å². The molecule has 0 aliphatic heterocycles. The number of pyridine rings is 1. The third-order valence-electron chi connectivity index (χ3n) is 4.19. The number of rotatable bonds is 3. The lowest BCUT2D eigenvalue weighted by molar-refractivity contribution is 0.398. The average Bonchev–Trinajstić information content (AvgIpc) is 3.18. The molecule has 0 saturated carbocycles. The number of nitrogens with zero attached hydrogens (tertiary/aromatic N) is 6. The largest absolute Gasteiger partial charge is 0.481 e. The minimum absolute atomic E-state index is 0.415. The lowest BCUT2D eigenvalue weighted by Crippen LogP contribution is -2.05. The molecule has 8 nitrogen and oxygen atoms in total. The van der Waals surface area contributed by atoms with Gasteiger partial charge in [-0.1, -0.05) is 0 Å². The van der Waals surface area contributed by atoms with Crippen LogP contribution in [0.1, 0.15) is 5.56 Å². The van der Waals surface area contributed by atoms with Crippen molar-refractivity contribution in [3.05, 3.63) is 42.5 Å². The molecule has 0 aromatic carbocycles. The number of anilines is 1. The summed E-state index contributed by atoms with van der Waals surface area (Å²) in [5.41, 5.74) is 9.97. The van der Waals surface area contributed by atoms with Crippen molar-refractivity contribution in [3.8, 4) is 28.7 Å². The second-order valence-corrected chi connectivity index (χ2v) is 5.73. The molecule has 4 aromatic rings. The fourth-order valence-corrected chi connectivity index (χ4v) is 2.92. The van der Waals surface area contributed by atoms with Crippen molar-refractivity contribution in [3.63, 3.8) is 0 Å². The zero-order chi connectivity index (χ0) is 17.6. The number of aromatic nitrogens is 6. The second kappa shape index (κ2) is 5.59. The Hall–Kier alpha value is -3.42. The molecule has 8 heteroatoms. The van der Waals surface area contributed by atoms with Crippen LogP contribution in [0.2, 0.25) is 0 Å². The molecule has 25 heavy (non-hydrogen) atoms. The third-order valence-corrected chi connectivity index (χ3v) is 4.19. The van der Waals surface area contributed by atoms with Crippen LogP contribution >= 0.6 is 0 Å². The molecular weight excluding hydrogens is 318 g/mol. The third kappa shape index (κ3) is 2.38. The Morgan fingerprint density at radius 2 is 2.04 bits per heavy atom. The van der Waals surface area contributed by atoms with E-state index in [2.05, 4.69) is 20.1 Å². The van der Waals surface area contributed by atoms with Crippen molar-refractivity contribution in [1.82, 2.24) is 29.1 Å². The van der Waals surface area contributed by atoms with Crippen molar-refractivity contribution in [2.75, 3.05) is 12.8 Å². The van der Waals surface area contributed by atoms with Gasteiger partial charge >= 0.3 is 0 Å². The summed E-state index contributed by atoms with van der Waals surface area (Å²) >= 11 is 0. The van der Waals surface area contributed by atoms with Gasteiger partial charge in [-0.2, -0.15) is 0 Å². The van der Waals surface area contributed by atoms with E-state index in [9.17, 15) is 0 Å². The molecule has 2 N–H and O–H groups in total. The number of ether oxygens (including phenoxy) is 1. The summed E-state index contributed by atoms with van der Waals surface area (Å²) in [6.07, 6.45) is 7.19. The summed E-state index contributed by atoms with van der Waals surface area (Å²) in [6, 6.07) is 3.80. The van der Waals surface area contributed by atoms with Crippen LogP contribution in [-0.2, 0) is 7.05 Å². The van der Waals surface area contributed by atoms with Crippen molar-refractivity contribution < 1.29 is 4.74 Å². The average molecular weight is 335 g/mol. The van der Waals surface area contributed by atoms with Gasteiger partial charge in [0.05, 0.1) is 7.11 Å². The molecule has 0 aliphatic rings. The van der Waals surface area contributed by atoms with Crippen LogP contribution in [0.3, 0.4) is 0 Å². The van der Waals surface area contributed by atoms with Gasteiger partial charge in [-0.05, 0) is 24.1 Å². The first-order valence-corrected chi connectivity index (χ1v) is 7.72. The molecule has 0 fully saturated rings. The van der Waals surface area contributed by atoms with Crippen molar-refractivity contribution in [1.29, 1.82) is 0 Å². The first-order chi connectivity index (χ1) is 12.1. The first kappa shape index (κ1) is 15.1. The van der Waals surface area contributed by atoms with Gasteiger partial charge in [0.25, 0.3) is 0 Å². The highest BCUT2D eigenvalue weighted by atomic mass is 16.5. The van der Waals surface area contributed by atoms with E-state index in [1.54, 1.807) is 24.0 Å². The van der Waals surface area contributed by atoms with Crippen LogP contribution in [0.25, 0.3) is 28.3 Å². The number of methoxy groups -OCH3 is 1. The van der Waals surface area contributed by atoms with E-state index >= 15 is 0 Å². The molecule has 4 aromatic heterocycles. The molecule has 0 unspecified atom stereocenters. The zero-order valence-electron chi connectivity index (χ0n) is 14.1. The van der Waals surface area contributed by atoms with Crippen LogP contribution < -0.4 is 10.5 Å². The minimum atomic E-state index is 0.415. The van der Waals surface area contributed by atoms with E-state index in [4.69, 9.17) is 10.5 Å². The van der Waals surface area contributed by atoms with E-state index < -0.39 is 0 Å². The summed E-state index contributed by atoms with van der Waals surface area (Å²) in [4.78, 5) is 12.9. The Labute approximate surface area is 143 Å². The van der Waals surface area contributed by atoms with Gasteiger partial charge in [-0.25, -0.2) is 19.5 Å². The Balaban J connectivity index is 1.92. The van der Waals surface area contributed by atoms with E-state index in [-0.39, 0.29) is 0 Å². The fraction of sp³-hybridized carbons (Fsp3) is 0.176. The molecule has 0 radical (unpaired) electrons. The highest BCUT2D eigenvalue weighted by Gasteiger charge is 2.17. The second-order valence-electron chi connectivity index (χ2n) is 5.73. The minimum Gasteiger partial charge on any atom is -0.481 e. The molecular formula is C17H17N7O. The van der Waals surface area contributed by atoms with Gasteiger partial charge in [0.2, 0.25) is 11.7 Å². The molecule has 0 atom stereocenters. The number of hydrogen-bond donors (Lipinski definition) is 1. The summed E-state index contributed by atoms with van der Waals surface area (Å²) in [7, 11) is 3.49. The van der Waals surface area contributed by atoms with E-state index in [1.165, 1.54) is 0 Å². The number of hydrogen-bond acceptors (Lipinski definition) is 6. The van der Waals surface area contributed by atoms with Gasteiger partial charge in [0.1, 0.15) is 5.52 Å². The Bertz CT molecular complexity index is 1080. The van der Waals surface area contributed by atoms with Gasteiger partial charge in [-0.3, -0.25) is 0 Å². The maximum Gasteiger partial charge on any atom is 0.218 e. The van der Waals surface area contributed by atoms with E-state index in [1.807, 2.05) is 43.1 Å². The summed E-state index contributed by atoms with van der Waals surface area (Å²) in [5.74, 6) is 2.11. The van der Waals surface area contributed by atoms with Gasteiger partial charge in [-0.15, -0.1) is 5.10 Å². The zero-order valence-corrected chi connectivity index (χ0v) is 14.1. The van der Waals surface area contributed by atoms with Gasteiger partial charge in [0, 0.05) is 43.5 Å². The standard InChI is InChI=1S/C17H17N7O/c1-10-12(11-4-5-19-13(8-11)25-3)9-24-14(10)15(18)21-16(22-24)17-20-6-7-23(17)2/h4-9H,1-3H3,(H2,18,21,22). The highest BCUT2D eigenvalue weighted by molar-refractivity contribution is 5.82. The summed E-state index contributed by atoms with van der Waals surface area (Å²) in [5, 5.41) is 4.58. The number of nitrogens with two attached hydrogens (primary N) is 1. The number of imidazole rings is 1. The molecule has 0 amide bonds. The Morgan fingerprint density at radius 1 is 1.20 bits per heavy atom. The maximum atomic E-state index is 6.22. The molecule has 4 rings (SSSR count). The maximum absolute atomic E-state index is 6.22. The smallest absolute Gasteiger partial charge is 0.218 e. The normalized spacial score (nSPS) is 11.2. The quantitative estimate of drug-likeness (QED) is 0.616. The van der Waals surface area contributed by atoms with E-state index in [0.29, 0.717) is 23.3 Å². The highest BCUT2D eigenvalue weighted by Crippen LogP contribution is 2.31. The molecule has 0 spiro atoms. The van der Waals surface area contributed by atoms with Crippen molar-refractivity contribution >= 4 is 11.3 Å². The van der Waals surface area contributed by atoms with Crippen LogP contribution in [0.4, 0.5) is 5.82 Å². The Kier molecular flexibility index (Phi) is 3.38. The van der Waals surface area contributed by atoms with Crippen molar-refractivity contribution in [2.45, 2.75) is 6.92 Å². The van der Waals surface area contributed by atoms with Crippen LogP contribution in [-0.4, -0.2) is 36.2 Å². The molecule has 126 valence electrons. The van der Waals surface area contributed by atoms with E-state index in [0.717, 1.165) is 22.2 Å². The fourth-order valence-electron chi connectivity index (χ4n) is 2.92. The lowest BCUT2D eigenvalue weighted by Gasteiger charge is -2.04. The van der Waals surface area contributed by atoms with Crippen LogP contribution in [0.5, 0.6) is 5.88 Å². The first-order valence-electron chi connectivity index (χ1n) is 7.72. The lowest BCUT2D eigenvalue weighted by atomic mass is 10.1. The van der Waals surface area contributed by atoms with Gasteiger partial charge in [0.15, 0.2) is 11.6 Å². The van der Waals surface area contributed by atoms with Gasteiger partial charge < -0.3 is 15.0 Å². The predicted molar refractivity (Wildman–Crippen MR) is 94.1 cm³/mol. The topological polar surface area (TPSA) is 96.2 Å².